The molecule has 0 nitrogen and oxygen atoms in total. The average molecular weight is 164 g/mol. The van der Waals surface area contributed by atoms with E-state index in [9.17, 15) is 8.28 Å². The Hall–Kier alpha value is -0.310. The smallest absolute Gasteiger partial charge is 0.116 e. The Labute approximate surface area is 64.3 Å². The molecule has 3 heteroatoms. The molecule has 0 aromatic rings. The Balaban J connectivity index is 4.12. The molecule has 0 aromatic heterocycles. The van der Waals surface area contributed by atoms with Crippen molar-refractivity contribution in [2.75, 3.05) is 0 Å². The molecule has 0 saturated carbocycles. The topological polar surface area (TPSA) is 0 Å². The number of halogens is 2. The van der Waals surface area contributed by atoms with Crippen LogP contribution in [0.2, 0.25) is 0 Å². The van der Waals surface area contributed by atoms with E-state index in [1.807, 2.05) is 6.92 Å². The average Bonchev–Trinajstić information content (AvgIpc) is 1.91. The number of rotatable bonds is 4. The Bertz CT molecular complexity index is 141. The SMILES string of the molecule is C=C/C(SF)=C(/F)CCC. The van der Waals surface area contributed by atoms with Gasteiger partial charge < -0.3 is 0 Å². The fourth-order valence-corrected chi connectivity index (χ4v) is 0.776. The first-order chi connectivity index (χ1) is 4.76. The van der Waals surface area contributed by atoms with Crippen molar-refractivity contribution in [2.24, 2.45) is 0 Å². The first-order valence-electron chi connectivity index (χ1n) is 3.05. The van der Waals surface area contributed by atoms with E-state index < -0.39 is 5.83 Å². The lowest BCUT2D eigenvalue weighted by molar-refractivity contribution is 0.581. The van der Waals surface area contributed by atoms with Gasteiger partial charge in [0.1, 0.15) is 5.83 Å². The molecule has 58 valence electrons. The third-order valence-electron chi connectivity index (χ3n) is 1.01. The van der Waals surface area contributed by atoms with Crippen molar-refractivity contribution >= 4 is 12.1 Å². The molecular formula is C7H10F2S. The highest BCUT2D eigenvalue weighted by Crippen LogP contribution is 2.24. The van der Waals surface area contributed by atoms with Gasteiger partial charge in [-0.2, -0.15) is 3.89 Å². The third kappa shape index (κ3) is 3.01. The van der Waals surface area contributed by atoms with E-state index in [4.69, 9.17) is 0 Å². The van der Waals surface area contributed by atoms with Crippen molar-refractivity contribution in [3.63, 3.8) is 0 Å². The van der Waals surface area contributed by atoms with Gasteiger partial charge in [0.25, 0.3) is 0 Å². The summed E-state index contributed by atoms with van der Waals surface area (Å²) in [5.74, 6) is -0.412. The standard InChI is InChI=1S/C7H10F2S/c1-3-5-6(8)7(4-2)10-9/h4H,2-3,5H2,1H3/b7-6-. The Kier molecular flexibility index (Phi) is 5.30. The van der Waals surface area contributed by atoms with Gasteiger partial charge in [0.2, 0.25) is 0 Å². The molecule has 0 aliphatic heterocycles. The van der Waals surface area contributed by atoms with Crippen LogP contribution in [0.3, 0.4) is 0 Å². The van der Waals surface area contributed by atoms with Crippen LogP contribution >= 0.6 is 12.1 Å². The van der Waals surface area contributed by atoms with Gasteiger partial charge in [-0.05, 0) is 6.42 Å². The van der Waals surface area contributed by atoms with Crippen molar-refractivity contribution in [1.29, 1.82) is 0 Å². The van der Waals surface area contributed by atoms with Gasteiger partial charge in [0.05, 0.1) is 17.1 Å². The molecule has 0 spiro atoms. The van der Waals surface area contributed by atoms with E-state index in [1.54, 1.807) is 0 Å². The van der Waals surface area contributed by atoms with Crippen LogP contribution in [-0.4, -0.2) is 0 Å². The minimum atomic E-state index is -0.412. The second kappa shape index (κ2) is 5.47. The summed E-state index contributed by atoms with van der Waals surface area (Å²) in [5.41, 5.74) is 0. The van der Waals surface area contributed by atoms with Crippen LogP contribution in [-0.2, 0) is 0 Å². The molecule has 0 N–H and O–H groups in total. The maximum atomic E-state index is 12.6. The van der Waals surface area contributed by atoms with Crippen LogP contribution in [0.15, 0.2) is 23.4 Å². The quantitative estimate of drug-likeness (QED) is 0.570. The van der Waals surface area contributed by atoms with Gasteiger partial charge in [-0.1, -0.05) is 19.6 Å². The second-order valence-corrected chi connectivity index (χ2v) is 2.39. The van der Waals surface area contributed by atoms with Crippen molar-refractivity contribution in [3.8, 4) is 0 Å². The van der Waals surface area contributed by atoms with Gasteiger partial charge in [0, 0.05) is 6.42 Å². The monoisotopic (exact) mass is 164 g/mol. The van der Waals surface area contributed by atoms with Gasteiger partial charge in [-0.25, -0.2) is 4.39 Å². The predicted octanol–water partition coefficient (Wildman–Crippen LogP) is 3.77. The molecule has 10 heavy (non-hydrogen) atoms. The highest BCUT2D eigenvalue weighted by Gasteiger charge is 2.01. The Morgan fingerprint density at radius 3 is 2.60 bits per heavy atom. The summed E-state index contributed by atoms with van der Waals surface area (Å²) in [4.78, 5) is 0.00171. The molecule has 0 fully saturated rings. The maximum Gasteiger partial charge on any atom is 0.116 e. The lowest BCUT2D eigenvalue weighted by Crippen LogP contribution is -1.76. The van der Waals surface area contributed by atoms with Crippen LogP contribution in [0.4, 0.5) is 8.28 Å². The van der Waals surface area contributed by atoms with E-state index in [1.165, 1.54) is 6.08 Å². The Morgan fingerprint density at radius 1 is 1.70 bits per heavy atom. The number of hydrogen-bond acceptors (Lipinski definition) is 1. The molecule has 0 radical (unpaired) electrons. The molecular weight excluding hydrogens is 154 g/mol. The lowest BCUT2D eigenvalue weighted by atomic mass is 10.3. The summed E-state index contributed by atoms with van der Waals surface area (Å²) in [6, 6.07) is 0. The van der Waals surface area contributed by atoms with Crippen LogP contribution in [0, 0.1) is 0 Å². The van der Waals surface area contributed by atoms with Gasteiger partial charge in [-0.3, -0.25) is 0 Å². The molecule has 0 aliphatic carbocycles. The molecule has 0 rings (SSSR count). The minimum Gasteiger partial charge on any atom is -0.211 e. The first kappa shape index (κ1) is 9.69. The highest BCUT2D eigenvalue weighted by atomic mass is 32.2. The van der Waals surface area contributed by atoms with Crippen LogP contribution in [0.25, 0.3) is 0 Å². The molecule has 0 atom stereocenters. The van der Waals surface area contributed by atoms with Crippen molar-refractivity contribution in [2.45, 2.75) is 19.8 Å². The largest absolute Gasteiger partial charge is 0.211 e. The summed E-state index contributed by atoms with van der Waals surface area (Å²) in [6.07, 6.45) is 2.16. The number of hydrogen-bond donors (Lipinski definition) is 0. The Morgan fingerprint density at radius 2 is 2.30 bits per heavy atom. The van der Waals surface area contributed by atoms with E-state index in [0.717, 1.165) is 0 Å². The second-order valence-electron chi connectivity index (χ2n) is 1.80. The molecule has 0 unspecified atom stereocenters. The zero-order valence-electron chi connectivity index (χ0n) is 5.86. The lowest BCUT2D eigenvalue weighted by Gasteiger charge is -1.95. The first-order valence-corrected chi connectivity index (χ1v) is 3.77. The molecule has 0 heterocycles. The highest BCUT2D eigenvalue weighted by molar-refractivity contribution is 7.98. The molecule has 0 aromatic carbocycles. The third-order valence-corrected chi connectivity index (χ3v) is 1.56. The van der Waals surface area contributed by atoms with Crippen LogP contribution in [0.5, 0.6) is 0 Å². The molecule has 0 aliphatic rings. The normalized spacial score (nSPS) is 12.7. The number of allylic oxidation sites excluding steroid dienone is 2. The van der Waals surface area contributed by atoms with Gasteiger partial charge in [-0.15, -0.1) is 0 Å². The zero-order chi connectivity index (χ0) is 7.98. The summed E-state index contributed by atoms with van der Waals surface area (Å²) >= 11 is -0.0955. The minimum absolute atomic E-state index is 0.00171. The van der Waals surface area contributed by atoms with E-state index in [-0.39, 0.29) is 23.5 Å². The molecule has 0 bridgehead atoms. The van der Waals surface area contributed by atoms with Gasteiger partial charge in [0.15, 0.2) is 0 Å². The van der Waals surface area contributed by atoms with Crippen LogP contribution in [0.1, 0.15) is 19.8 Å². The van der Waals surface area contributed by atoms with E-state index in [2.05, 4.69) is 6.58 Å². The fourth-order valence-electron chi connectivity index (χ4n) is 0.527. The molecule has 0 saturated heterocycles. The summed E-state index contributed by atoms with van der Waals surface area (Å²) < 4.78 is 24.4. The van der Waals surface area contributed by atoms with Crippen molar-refractivity contribution < 1.29 is 8.28 Å². The summed E-state index contributed by atoms with van der Waals surface area (Å²) in [5, 5.41) is 0. The maximum absolute atomic E-state index is 12.6. The fraction of sp³-hybridized carbons (Fsp3) is 0.429. The van der Waals surface area contributed by atoms with Crippen molar-refractivity contribution in [3.05, 3.63) is 23.4 Å². The summed E-state index contributed by atoms with van der Waals surface area (Å²) in [7, 11) is 0. The van der Waals surface area contributed by atoms with E-state index in [0.29, 0.717) is 6.42 Å². The van der Waals surface area contributed by atoms with Crippen molar-refractivity contribution in [1.82, 2.24) is 0 Å². The van der Waals surface area contributed by atoms with Crippen LogP contribution < -0.4 is 0 Å². The zero-order valence-corrected chi connectivity index (χ0v) is 6.68. The summed E-state index contributed by atoms with van der Waals surface area (Å²) in [6.45, 7) is 5.11. The van der Waals surface area contributed by atoms with Gasteiger partial charge >= 0.3 is 0 Å². The predicted molar refractivity (Wildman–Crippen MR) is 41.9 cm³/mol. The molecule has 0 amide bonds. The van der Waals surface area contributed by atoms with E-state index >= 15 is 0 Å².